The fourth-order valence-corrected chi connectivity index (χ4v) is 1.22. The van der Waals surface area contributed by atoms with Gasteiger partial charge in [0, 0.05) is 13.2 Å². The van der Waals surface area contributed by atoms with Gasteiger partial charge in [0.15, 0.2) is 0 Å². The van der Waals surface area contributed by atoms with E-state index in [0.29, 0.717) is 17.2 Å². The number of ether oxygens (including phenoxy) is 3. The topological polar surface area (TPSA) is 56.8 Å². The number of amides is 1. The summed E-state index contributed by atoms with van der Waals surface area (Å²) in [5, 5.41) is 2.67. The Bertz CT molecular complexity index is 365. The minimum atomic E-state index is -0.231. The molecule has 0 aliphatic rings. The van der Waals surface area contributed by atoms with E-state index in [2.05, 4.69) is 5.32 Å². The van der Waals surface area contributed by atoms with Crippen LogP contribution in [-0.2, 0) is 9.53 Å². The summed E-state index contributed by atoms with van der Waals surface area (Å²) in [6, 6.07) is 5.15. The number of methoxy groups -OCH3 is 3. The highest BCUT2D eigenvalue weighted by Gasteiger charge is 2.08. The molecule has 0 fully saturated rings. The molecule has 0 aromatic heterocycles. The van der Waals surface area contributed by atoms with Crippen molar-refractivity contribution in [2.75, 3.05) is 33.3 Å². The maximum Gasteiger partial charge on any atom is 0.250 e. The molecule has 88 valence electrons. The quantitative estimate of drug-likeness (QED) is 0.820. The molecule has 1 N–H and O–H groups in total. The van der Waals surface area contributed by atoms with Crippen molar-refractivity contribution in [1.82, 2.24) is 0 Å². The van der Waals surface area contributed by atoms with Crippen molar-refractivity contribution in [3.05, 3.63) is 18.2 Å². The number of hydrogen-bond donors (Lipinski definition) is 1. The summed E-state index contributed by atoms with van der Waals surface area (Å²) in [5.41, 5.74) is 0.588. The van der Waals surface area contributed by atoms with Crippen molar-refractivity contribution in [3.8, 4) is 11.5 Å². The zero-order valence-corrected chi connectivity index (χ0v) is 9.57. The summed E-state index contributed by atoms with van der Waals surface area (Å²) in [6.45, 7) is 0.00911. The second kappa shape index (κ2) is 5.97. The molecule has 0 spiro atoms. The molecule has 1 aromatic carbocycles. The summed E-state index contributed by atoms with van der Waals surface area (Å²) in [5.74, 6) is 0.983. The van der Waals surface area contributed by atoms with Gasteiger partial charge < -0.3 is 19.5 Å². The van der Waals surface area contributed by atoms with E-state index in [-0.39, 0.29) is 12.5 Å². The molecule has 5 nitrogen and oxygen atoms in total. The van der Waals surface area contributed by atoms with Crippen molar-refractivity contribution in [3.63, 3.8) is 0 Å². The van der Waals surface area contributed by atoms with E-state index in [1.807, 2.05) is 0 Å². The monoisotopic (exact) mass is 225 g/mol. The van der Waals surface area contributed by atoms with Crippen LogP contribution in [0, 0.1) is 0 Å². The zero-order valence-electron chi connectivity index (χ0n) is 9.57. The van der Waals surface area contributed by atoms with E-state index in [9.17, 15) is 4.79 Å². The van der Waals surface area contributed by atoms with Crippen LogP contribution < -0.4 is 14.8 Å². The molecule has 0 unspecified atom stereocenters. The highest BCUT2D eigenvalue weighted by atomic mass is 16.5. The van der Waals surface area contributed by atoms with Gasteiger partial charge in [0.1, 0.15) is 18.1 Å². The number of benzene rings is 1. The summed E-state index contributed by atoms with van der Waals surface area (Å²) in [7, 11) is 4.56. The predicted octanol–water partition coefficient (Wildman–Crippen LogP) is 1.29. The maximum atomic E-state index is 11.3. The van der Waals surface area contributed by atoms with Crippen molar-refractivity contribution < 1.29 is 19.0 Å². The molecule has 1 amide bonds. The Morgan fingerprint density at radius 3 is 2.56 bits per heavy atom. The van der Waals surface area contributed by atoms with Crippen LogP contribution in [0.5, 0.6) is 11.5 Å². The number of rotatable bonds is 5. The van der Waals surface area contributed by atoms with Crippen LogP contribution in [0.25, 0.3) is 0 Å². The van der Waals surface area contributed by atoms with Crippen molar-refractivity contribution in [1.29, 1.82) is 0 Å². The Kier molecular flexibility index (Phi) is 4.60. The first-order chi connectivity index (χ1) is 7.71. The molecular formula is C11H15NO4. The third-order valence-corrected chi connectivity index (χ3v) is 1.96. The standard InChI is InChI=1S/C11H15NO4/c1-14-7-11(13)12-9-5-4-8(15-2)6-10(9)16-3/h4-6H,7H2,1-3H3,(H,12,13). The summed E-state index contributed by atoms with van der Waals surface area (Å²) in [6.07, 6.45) is 0. The number of hydrogen-bond acceptors (Lipinski definition) is 4. The maximum absolute atomic E-state index is 11.3. The minimum absolute atomic E-state index is 0.00911. The van der Waals surface area contributed by atoms with Crippen LogP contribution in [-0.4, -0.2) is 33.8 Å². The molecule has 0 saturated carbocycles. The van der Waals surface area contributed by atoms with Gasteiger partial charge >= 0.3 is 0 Å². The van der Waals surface area contributed by atoms with E-state index in [4.69, 9.17) is 14.2 Å². The second-order valence-electron chi connectivity index (χ2n) is 3.05. The lowest BCUT2D eigenvalue weighted by atomic mass is 10.2. The lowest BCUT2D eigenvalue weighted by Crippen LogP contribution is -2.17. The molecule has 0 saturated heterocycles. The molecular weight excluding hydrogens is 210 g/mol. The van der Waals surface area contributed by atoms with Crippen molar-refractivity contribution in [2.45, 2.75) is 0 Å². The van der Waals surface area contributed by atoms with Gasteiger partial charge in [0.05, 0.1) is 19.9 Å². The van der Waals surface area contributed by atoms with Crippen LogP contribution in [0.4, 0.5) is 5.69 Å². The van der Waals surface area contributed by atoms with Gasteiger partial charge in [-0.25, -0.2) is 0 Å². The van der Waals surface area contributed by atoms with E-state index < -0.39 is 0 Å². The van der Waals surface area contributed by atoms with Crippen LogP contribution in [0.2, 0.25) is 0 Å². The lowest BCUT2D eigenvalue weighted by molar-refractivity contribution is -0.119. The highest BCUT2D eigenvalue weighted by molar-refractivity contribution is 5.93. The third-order valence-electron chi connectivity index (χ3n) is 1.96. The summed E-state index contributed by atoms with van der Waals surface area (Å²) in [4.78, 5) is 11.3. The molecule has 0 aliphatic heterocycles. The lowest BCUT2D eigenvalue weighted by Gasteiger charge is -2.11. The van der Waals surface area contributed by atoms with Gasteiger partial charge in [-0.05, 0) is 12.1 Å². The Morgan fingerprint density at radius 2 is 2.00 bits per heavy atom. The van der Waals surface area contributed by atoms with Crippen LogP contribution in [0.3, 0.4) is 0 Å². The van der Waals surface area contributed by atoms with Gasteiger partial charge in [0.2, 0.25) is 5.91 Å². The molecule has 0 atom stereocenters. The van der Waals surface area contributed by atoms with Gasteiger partial charge in [-0.15, -0.1) is 0 Å². The highest BCUT2D eigenvalue weighted by Crippen LogP contribution is 2.28. The first kappa shape index (κ1) is 12.3. The van der Waals surface area contributed by atoms with Gasteiger partial charge in [-0.3, -0.25) is 4.79 Å². The number of anilines is 1. The third kappa shape index (κ3) is 3.13. The van der Waals surface area contributed by atoms with Gasteiger partial charge in [0.25, 0.3) is 0 Å². The van der Waals surface area contributed by atoms with Gasteiger partial charge in [-0.2, -0.15) is 0 Å². The fraction of sp³-hybridized carbons (Fsp3) is 0.364. The second-order valence-corrected chi connectivity index (χ2v) is 3.05. The molecule has 16 heavy (non-hydrogen) atoms. The Balaban J connectivity index is 2.83. The average molecular weight is 225 g/mol. The van der Waals surface area contributed by atoms with Crippen LogP contribution >= 0.6 is 0 Å². The first-order valence-corrected chi connectivity index (χ1v) is 4.72. The molecule has 0 radical (unpaired) electrons. The zero-order chi connectivity index (χ0) is 12.0. The molecule has 1 rings (SSSR count). The molecule has 1 aromatic rings. The fourth-order valence-electron chi connectivity index (χ4n) is 1.22. The Labute approximate surface area is 94.3 Å². The minimum Gasteiger partial charge on any atom is -0.497 e. The Morgan fingerprint density at radius 1 is 1.25 bits per heavy atom. The number of carbonyl (C=O) groups is 1. The SMILES string of the molecule is COCC(=O)Nc1ccc(OC)cc1OC. The van der Waals surface area contributed by atoms with Crippen molar-refractivity contribution in [2.24, 2.45) is 0 Å². The Hall–Kier alpha value is -1.75. The molecule has 0 aliphatic carbocycles. The van der Waals surface area contributed by atoms with Crippen molar-refractivity contribution >= 4 is 11.6 Å². The van der Waals surface area contributed by atoms with E-state index in [1.54, 1.807) is 25.3 Å². The summed E-state index contributed by atoms with van der Waals surface area (Å²) >= 11 is 0. The molecule has 5 heteroatoms. The summed E-state index contributed by atoms with van der Waals surface area (Å²) < 4.78 is 14.9. The van der Waals surface area contributed by atoms with Crippen LogP contribution in [0.15, 0.2) is 18.2 Å². The molecule has 0 bridgehead atoms. The van der Waals surface area contributed by atoms with Gasteiger partial charge in [-0.1, -0.05) is 0 Å². The largest absolute Gasteiger partial charge is 0.497 e. The molecule has 0 heterocycles. The normalized spacial score (nSPS) is 9.69. The number of carbonyl (C=O) groups excluding carboxylic acids is 1. The first-order valence-electron chi connectivity index (χ1n) is 4.72. The van der Waals surface area contributed by atoms with E-state index in [1.165, 1.54) is 14.2 Å². The average Bonchev–Trinajstić information content (AvgIpc) is 2.30. The smallest absolute Gasteiger partial charge is 0.250 e. The van der Waals surface area contributed by atoms with E-state index >= 15 is 0 Å². The number of nitrogens with one attached hydrogen (secondary N) is 1. The van der Waals surface area contributed by atoms with E-state index in [0.717, 1.165) is 0 Å². The van der Waals surface area contributed by atoms with Crippen LogP contribution in [0.1, 0.15) is 0 Å². The predicted molar refractivity (Wildman–Crippen MR) is 60.1 cm³/mol.